The quantitative estimate of drug-likeness (QED) is 0.562. The van der Waals surface area contributed by atoms with E-state index < -0.39 is 16.6 Å². The highest BCUT2D eigenvalue weighted by atomic mass is 31.1. The Labute approximate surface area is 79.1 Å². The van der Waals surface area contributed by atoms with E-state index in [1.165, 1.54) is 0 Å². The van der Waals surface area contributed by atoms with E-state index in [9.17, 15) is 9.36 Å². The van der Waals surface area contributed by atoms with Crippen LogP contribution in [0.1, 0.15) is 6.42 Å². The molecule has 0 radical (unpaired) electrons. The third kappa shape index (κ3) is 9.75. The van der Waals surface area contributed by atoms with Crippen molar-refractivity contribution in [3.05, 3.63) is 0 Å². The Morgan fingerprint density at radius 2 is 2.00 bits per heavy atom. The zero-order valence-electron chi connectivity index (χ0n) is 7.99. The van der Waals surface area contributed by atoms with E-state index in [0.29, 0.717) is 0 Å². The van der Waals surface area contributed by atoms with Crippen molar-refractivity contribution in [3.8, 4) is 0 Å². The Kier molecular flexibility index (Phi) is 5.47. The number of carbonyl (C=O) groups is 1. The molecule has 1 N–H and O–H groups in total. The molecule has 0 fully saturated rings. The lowest BCUT2D eigenvalue weighted by molar-refractivity contribution is -0.135. The summed E-state index contributed by atoms with van der Waals surface area (Å²) in [5, 5.41) is 0. The molecular weight excluding hydrogens is 211 g/mol. The van der Waals surface area contributed by atoms with Crippen LogP contribution in [0.4, 0.5) is 0 Å². The first-order chi connectivity index (χ1) is 5.81. The average molecular weight is 226 g/mol. The minimum atomic E-state index is -2.92. The van der Waals surface area contributed by atoms with E-state index in [4.69, 9.17) is 9.32 Å². The monoisotopic (exact) mass is 226 g/mol. The Morgan fingerprint density at radius 3 is 2.38 bits per heavy atom. The largest absolute Gasteiger partial charge is 0.520 e. The van der Waals surface area contributed by atoms with E-state index in [-0.39, 0.29) is 19.0 Å². The highest BCUT2D eigenvalue weighted by Gasteiger charge is 2.19. The van der Waals surface area contributed by atoms with Crippen LogP contribution in [0.3, 0.4) is 0 Å². The van der Waals surface area contributed by atoms with Gasteiger partial charge in [-0.2, -0.15) is 0 Å². The van der Waals surface area contributed by atoms with Crippen LogP contribution < -0.4 is 0 Å². The summed E-state index contributed by atoms with van der Waals surface area (Å²) in [7, 11) is -4.75. The van der Waals surface area contributed by atoms with Crippen LogP contribution in [0.25, 0.3) is 0 Å². The molecule has 0 saturated heterocycles. The van der Waals surface area contributed by atoms with E-state index in [0.717, 1.165) is 0 Å². The topological polar surface area (TPSA) is 72.8 Å². The van der Waals surface area contributed by atoms with E-state index >= 15 is 0 Å². The smallest absolute Gasteiger partial charge is 0.316 e. The molecule has 0 aromatic rings. The fraction of sp³-hybridized carbons (Fsp3) is 0.833. The maximum Gasteiger partial charge on any atom is 0.316 e. The predicted octanol–water partition coefficient (Wildman–Crippen LogP) is 1.15. The van der Waals surface area contributed by atoms with Crippen molar-refractivity contribution in [1.82, 2.24) is 0 Å². The Hall–Kier alpha value is -0.163. The van der Waals surface area contributed by atoms with Crippen molar-refractivity contribution in [2.75, 3.05) is 6.61 Å². The van der Waals surface area contributed by atoms with Crippen molar-refractivity contribution in [1.29, 1.82) is 0 Å². The lowest BCUT2D eigenvalue weighted by Crippen LogP contribution is -2.29. The van der Waals surface area contributed by atoms with Gasteiger partial charge in [-0.15, -0.1) is 0 Å². The third-order valence-electron chi connectivity index (χ3n) is 0.952. The normalized spacial score (nSPS) is 13.8. The van der Waals surface area contributed by atoms with Gasteiger partial charge in [0.25, 0.3) is 5.97 Å². The lowest BCUT2D eigenvalue weighted by atomic mass is 10.5. The molecule has 1 atom stereocenters. The van der Waals surface area contributed by atoms with Crippen LogP contribution in [0.5, 0.6) is 0 Å². The maximum atomic E-state index is 11.0. The van der Waals surface area contributed by atoms with Gasteiger partial charge in [0.1, 0.15) is 0 Å². The van der Waals surface area contributed by atoms with Gasteiger partial charge in [-0.05, 0) is 19.6 Å². The molecule has 78 valence electrons. The highest BCUT2D eigenvalue weighted by molar-refractivity contribution is 7.32. The van der Waals surface area contributed by atoms with Gasteiger partial charge in [0.05, 0.1) is 13.0 Å². The second-order valence-electron chi connectivity index (χ2n) is 3.45. The predicted molar refractivity (Wildman–Crippen MR) is 51.2 cm³/mol. The van der Waals surface area contributed by atoms with Crippen LogP contribution in [-0.4, -0.2) is 25.8 Å². The molecule has 0 spiro atoms. The molecule has 0 bridgehead atoms. The van der Waals surface area contributed by atoms with Gasteiger partial charge in [-0.25, -0.2) is 0 Å². The van der Waals surface area contributed by atoms with Crippen molar-refractivity contribution in [2.24, 2.45) is 0 Å². The molecular formula is C6H15O5PSi. The van der Waals surface area contributed by atoms with Crippen LogP contribution in [0, 0.1) is 0 Å². The first kappa shape index (κ1) is 12.8. The standard InChI is InChI=1S/C6H15O5PSi/c1-13(2,3)11-6(7)4-5-10-12(8)9/h12H,4-5H2,1-3H3,(H,8,9). The SMILES string of the molecule is C[Si](C)(C)OC(=O)CCO[PH](=O)O. The van der Waals surface area contributed by atoms with Crippen molar-refractivity contribution in [2.45, 2.75) is 26.1 Å². The average Bonchev–Trinajstić information content (AvgIpc) is 1.81. The van der Waals surface area contributed by atoms with E-state index in [1.54, 1.807) is 0 Å². The van der Waals surface area contributed by atoms with Crippen LogP contribution in [0.2, 0.25) is 19.6 Å². The van der Waals surface area contributed by atoms with Crippen molar-refractivity contribution < 1.29 is 23.2 Å². The van der Waals surface area contributed by atoms with Gasteiger partial charge in [0, 0.05) is 0 Å². The molecule has 0 aliphatic rings. The molecule has 5 nitrogen and oxygen atoms in total. The van der Waals surface area contributed by atoms with E-state index in [1.807, 2.05) is 19.6 Å². The summed E-state index contributed by atoms with van der Waals surface area (Å²) in [5.74, 6) is -0.373. The van der Waals surface area contributed by atoms with Crippen molar-refractivity contribution in [3.63, 3.8) is 0 Å². The summed E-state index contributed by atoms with van der Waals surface area (Å²) in [5.41, 5.74) is 0. The molecule has 1 unspecified atom stereocenters. The first-order valence-corrected chi connectivity index (χ1v) is 8.56. The second-order valence-corrected chi connectivity index (χ2v) is 8.70. The van der Waals surface area contributed by atoms with Gasteiger partial charge < -0.3 is 13.8 Å². The highest BCUT2D eigenvalue weighted by Crippen LogP contribution is 2.14. The second kappa shape index (κ2) is 5.54. The summed E-state index contributed by atoms with van der Waals surface area (Å²) in [6, 6.07) is 0. The fourth-order valence-electron chi connectivity index (χ4n) is 0.614. The van der Waals surface area contributed by atoms with Gasteiger partial charge >= 0.3 is 8.25 Å². The fourth-order valence-corrected chi connectivity index (χ4v) is 1.68. The molecule has 7 heteroatoms. The van der Waals surface area contributed by atoms with E-state index in [2.05, 4.69) is 4.52 Å². The molecule has 0 heterocycles. The van der Waals surface area contributed by atoms with Crippen molar-refractivity contribution >= 4 is 22.5 Å². The molecule has 0 saturated carbocycles. The Bertz CT molecular complexity index is 200. The Morgan fingerprint density at radius 1 is 1.46 bits per heavy atom. The van der Waals surface area contributed by atoms with Crippen LogP contribution in [0.15, 0.2) is 0 Å². The summed E-state index contributed by atoms with van der Waals surface area (Å²) >= 11 is 0. The molecule has 0 aromatic heterocycles. The summed E-state index contributed by atoms with van der Waals surface area (Å²) in [4.78, 5) is 19.3. The number of carbonyl (C=O) groups excluding carboxylic acids is 1. The van der Waals surface area contributed by atoms with Gasteiger partial charge in [0.2, 0.25) is 8.32 Å². The van der Waals surface area contributed by atoms with Gasteiger partial charge in [0.15, 0.2) is 0 Å². The van der Waals surface area contributed by atoms with Crippen LogP contribution in [-0.2, 0) is 18.3 Å². The molecule has 0 aliphatic heterocycles. The minimum absolute atomic E-state index is 0.0290. The summed E-state index contributed by atoms with van der Waals surface area (Å²) in [6.07, 6.45) is 0.0290. The first-order valence-electron chi connectivity index (χ1n) is 3.89. The molecule has 0 aromatic carbocycles. The number of rotatable bonds is 5. The lowest BCUT2D eigenvalue weighted by Gasteiger charge is -2.16. The zero-order valence-corrected chi connectivity index (χ0v) is 9.99. The Balaban J connectivity index is 3.59. The minimum Gasteiger partial charge on any atom is -0.520 e. The van der Waals surface area contributed by atoms with Gasteiger partial charge in [-0.1, -0.05) is 0 Å². The maximum absolute atomic E-state index is 11.0. The number of hydrogen-bond acceptors (Lipinski definition) is 4. The van der Waals surface area contributed by atoms with Crippen LogP contribution >= 0.6 is 8.25 Å². The third-order valence-corrected chi connectivity index (χ3v) is 2.24. The molecule has 0 amide bonds. The molecule has 0 aliphatic carbocycles. The summed E-state index contributed by atoms with van der Waals surface area (Å²) < 4.78 is 19.5. The zero-order chi connectivity index (χ0) is 10.5. The van der Waals surface area contributed by atoms with Gasteiger partial charge in [-0.3, -0.25) is 9.36 Å². The molecule has 13 heavy (non-hydrogen) atoms. The summed E-state index contributed by atoms with van der Waals surface area (Å²) in [6.45, 7) is 5.61. The molecule has 0 rings (SSSR count). The number of hydrogen-bond donors (Lipinski definition) is 1.